The fourth-order valence-corrected chi connectivity index (χ4v) is 2.67. The van der Waals surface area contributed by atoms with E-state index in [2.05, 4.69) is 46.2 Å². The van der Waals surface area contributed by atoms with E-state index in [-0.39, 0.29) is 11.7 Å². The van der Waals surface area contributed by atoms with Crippen LogP contribution in [0.3, 0.4) is 0 Å². The monoisotopic (exact) mass is 300 g/mol. The van der Waals surface area contributed by atoms with Crippen molar-refractivity contribution >= 4 is 5.91 Å². The van der Waals surface area contributed by atoms with E-state index < -0.39 is 0 Å². The number of carbonyl (C=O) groups excluding carboxylic acids is 1. The van der Waals surface area contributed by atoms with Crippen LogP contribution in [0.4, 0.5) is 0 Å². The van der Waals surface area contributed by atoms with Gasteiger partial charge in [-0.25, -0.2) is 0 Å². The van der Waals surface area contributed by atoms with E-state index in [1.54, 1.807) is 11.8 Å². The molecule has 0 saturated carbocycles. The van der Waals surface area contributed by atoms with Gasteiger partial charge in [0.2, 0.25) is 5.89 Å². The molecule has 6 heteroatoms. The van der Waals surface area contributed by atoms with E-state index >= 15 is 0 Å². The van der Waals surface area contributed by atoms with Gasteiger partial charge in [-0.05, 0) is 18.1 Å². The molecule has 0 bridgehead atoms. The van der Waals surface area contributed by atoms with Crippen LogP contribution in [-0.2, 0) is 6.54 Å². The highest BCUT2D eigenvalue weighted by atomic mass is 16.5. The molecule has 2 aromatic rings. The number of piperazine rings is 1. The third-order valence-corrected chi connectivity index (χ3v) is 4.03. The van der Waals surface area contributed by atoms with Crippen LogP contribution in [0.15, 0.2) is 28.8 Å². The molecule has 1 aromatic carbocycles. The first-order chi connectivity index (χ1) is 10.6. The average Bonchev–Trinajstić information content (AvgIpc) is 2.96. The summed E-state index contributed by atoms with van der Waals surface area (Å²) in [6.45, 7) is 7.85. The zero-order valence-corrected chi connectivity index (χ0v) is 13.0. The number of benzene rings is 1. The fraction of sp³-hybridized carbons (Fsp3) is 0.438. The van der Waals surface area contributed by atoms with E-state index in [4.69, 9.17) is 4.52 Å². The molecule has 0 aliphatic carbocycles. The molecule has 0 atom stereocenters. The normalized spacial score (nSPS) is 16.0. The first-order valence-electron chi connectivity index (χ1n) is 7.50. The molecule has 0 unspecified atom stereocenters. The maximum atomic E-state index is 12.3. The second-order valence-corrected chi connectivity index (χ2v) is 5.63. The Balaban J connectivity index is 1.56. The minimum Gasteiger partial charge on any atom is -0.339 e. The zero-order valence-electron chi connectivity index (χ0n) is 13.0. The molecular formula is C16H20N4O2. The number of hydrogen-bond acceptors (Lipinski definition) is 5. The first-order valence-corrected chi connectivity index (χ1v) is 7.50. The lowest BCUT2D eigenvalue weighted by Gasteiger charge is -2.34. The number of hydrogen-bond donors (Lipinski definition) is 0. The fourth-order valence-electron chi connectivity index (χ4n) is 2.67. The minimum atomic E-state index is -0.146. The molecule has 1 saturated heterocycles. The minimum absolute atomic E-state index is 0.146. The quantitative estimate of drug-likeness (QED) is 0.862. The molecule has 0 N–H and O–H groups in total. The van der Waals surface area contributed by atoms with Gasteiger partial charge in [-0.3, -0.25) is 9.69 Å². The summed E-state index contributed by atoms with van der Waals surface area (Å²) in [6, 6.07) is 8.42. The Morgan fingerprint density at radius 3 is 2.55 bits per heavy atom. The van der Waals surface area contributed by atoms with Crippen LogP contribution >= 0.6 is 0 Å². The Kier molecular flexibility index (Phi) is 4.20. The summed E-state index contributed by atoms with van der Waals surface area (Å²) in [5, 5.41) is 3.70. The predicted octanol–water partition coefficient (Wildman–Crippen LogP) is 1.64. The van der Waals surface area contributed by atoms with Gasteiger partial charge >= 0.3 is 0 Å². The highest BCUT2D eigenvalue weighted by Crippen LogP contribution is 2.13. The SMILES string of the molecule is Cc1nc(C(=O)N2CCN(Cc3ccccc3C)CC2)no1. The van der Waals surface area contributed by atoms with Crippen molar-refractivity contribution in [3.05, 3.63) is 47.1 Å². The standard InChI is InChI=1S/C16H20N4O2/c1-12-5-3-4-6-14(12)11-19-7-9-20(10-8-19)16(21)15-17-13(2)22-18-15/h3-6H,7-11H2,1-2H3. The van der Waals surface area contributed by atoms with Crippen LogP contribution in [0.2, 0.25) is 0 Å². The van der Waals surface area contributed by atoms with Crippen molar-refractivity contribution in [3.8, 4) is 0 Å². The maximum Gasteiger partial charge on any atom is 0.295 e. The van der Waals surface area contributed by atoms with Gasteiger partial charge in [0, 0.05) is 39.6 Å². The Morgan fingerprint density at radius 1 is 1.18 bits per heavy atom. The molecule has 3 rings (SSSR count). The second-order valence-electron chi connectivity index (χ2n) is 5.63. The van der Waals surface area contributed by atoms with E-state index in [9.17, 15) is 4.79 Å². The Hall–Kier alpha value is -2.21. The highest BCUT2D eigenvalue weighted by molar-refractivity contribution is 5.90. The van der Waals surface area contributed by atoms with Gasteiger partial charge in [0.05, 0.1) is 0 Å². The molecule has 1 amide bonds. The lowest BCUT2D eigenvalue weighted by atomic mass is 10.1. The molecule has 6 nitrogen and oxygen atoms in total. The topological polar surface area (TPSA) is 62.5 Å². The van der Waals surface area contributed by atoms with E-state index in [1.807, 2.05) is 0 Å². The van der Waals surface area contributed by atoms with Crippen LogP contribution in [0.25, 0.3) is 0 Å². The largest absolute Gasteiger partial charge is 0.339 e. The summed E-state index contributed by atoms with van der Waals surface area (Å²) in [7, 11) is 0. The molecule has 2 heterocycles. The van der Waals surface area contributed by atoms with Gasteiger partial charge in [0.15, 0.2) is 0 Å². The molecule has 1 aliphatic rings. The van der Waals surface area contributed by atoms with Crippen LogP contribution in [-0.4, -0.2) is 52.0 Å². The summed E-state index contributed by atoms with van der Waals surface area (Å²) in [6.07, 6.45) is 0. The molecule has 22 heavy (non-hydrogen) atoms. The van der Waals surface area contributed by atoms with E-state index in [1.165, 1.54) is 11.1 Å². The lowest BCUT2D eigenvalue weighted by Crippen LogP contribution is -2.48. The summed E-state index contributed by atoms with van der Waals surface area (Å²) < 4.78 is 4.87. The van der Waals surface area contributed by atoms with Crippen molar-refractivity contribution in [3.63, 3.8) is 0 Å². The highest BCUT2D eigenvalue weighted by Gasteiger charge is 2.25. The van der Waals surface area contributed by atoms with Gasteiger partial charge in [0.1, 0.15) is 0 Å². The number of rotatable bonds is 3. The third kappa shape index (κ3) is 3.17. The van der Waals surface area contributed by atoms with Crippen LogP contribution in [0.1, 0.15) is 27.6 Å². The predicted molar refractivity (Wildman–Crippen MR) is 81.4 cm³/mol. The van der Waals surface area contributed by atoms with Crippen LogP contribution in [0, 0.1) is 13.8 Å². The summed E-state index contributed by atoms with van der Waals surface area (Å²) in [5.41, 5.74) is 2.65. The van der Waals surface area contributed by atoms with Gasteiger partial charge in [-0.2, -0.15) is 4.98 Å². The summed E-state index contributed by atoms with van der Waals surface area (Å²) in [4.78, 5) is 20.4. The molecule has 1 aromatic heterocycles. The molecule has 0 radical (unpaired) electrons. The first kappa shape index (κ1) is 14.7. The van der Waals surface area contributed by atoms with Crippen molar-refractivity contribution in [2.45, 2.75) is 20.4 Å². The average molecular weight is 300 g/mol. The molecule has 116 valence electrons. The Labute approximate surface area is 129 Å². The van der Waals surface area contributed by atoms with Gasteiger partial charge < -0.3 is 9.42 Å². The zero-order chi connectivity index (χ0) is 15.5. The van der Waals surface area contributed by atoms with Crippen molar-refractivity contribution in [2.24, 2.45) is 0 Å². The van der Waals surface area contributed by atoms with E-state index in [0.29, 0.717) is 19.0 Å². The van der Waals surface area contributed by atoms with Crippen molar-refractivity contribution in [1.29, 1.82) is 0 Å². The molecule has 1 fully saturated rings. The number of aromatic nitrogens is 2. The summed E-state index contributed by atoms with van der Waals surface area (Å²) >= 11 is 0. The Bertz CT molecular complexity index is 660. The van der Waals surface area contributed by atoms with Gasteiger partial charge in [-0.1, -0.05) is 29.4 Å². The molecule has 0 spiro atoms. The molecular weight excluding hydrogens is 280 g/mol. The lowest BCUT2D eigenvalue weighted by molar-refractivity contribution is 0.0613. The van der Waals surface area contributed by atoms with Gasteiger partial charge in [-0.15, -0.1) is 0 Å². The van der Waals surface area contributed by atoms with Gasteiger partial charge in [0.25, 0.3) is 11.7 Å². The molecule has 1 aliphatic heterocycles. The number of carbonyl (C=O) groups is 1. The van der Waals surface area contributed by atoms with Crippen molar-refractivity contribution < 1.29 is 9.32 Å². The second kappa shape index (κ2) is 6.27. The van der Waals surface area contributed by atoms with Crippen molar-refractivity contribution in [1.82, 2.24) is 19.9 Å². The number of nitrogens with zero attached hydrogens (tertiary/aromatic N) is 4. The van der Waals surface area contributed by atoms with E-state index in [0.717, 1.165) is 19.6 Å². The third-order valence-electron chi connectivity index (χ3n) is 4.03. The smallest absolute Gasteiger partial charge is 0.295 e. The Morgan fingerprint density at radius 2 is 1.91 bits per heavy atom. The van der Waals surface area contributed by atoms with Crippen LogP contribution < -0.4 is 0 Å². The number of aryl methyl sites for hydroxylation is 2. The maximum absolute atomic E-state index is 12.3. The number of amides is 1. The van der Waals surface area contributed by atoms with Crippen LogP contribution in [0.5, 0.6) is 0 Å². The summed E-state index contributed by atoms with van der Waals surface area (Å²) in [5.74, 6) is 0.429. The van der Waals surface area contributed by atoms with Crippen molar-refractivity contribution in [2.75, 3.05) is 26.2 Å².